The molecule has 78 valence electrons. The fourth-order valence-corrected chi connectivity index (χ4v) is 6.66. The van der Waals surface area contributed by atoms with Gasteiger partial charge in [-0.15, -0.1) is 11.4 Å². The standard InChI is InChI=1S/C12H22Si2/c1-13(2,3)10-11-14(4,5)12-8-6-7-9-12/h6-12H,1-5H3/b11-10+. The Balaban J connectivity index is 2.71. The molecule has 0 bridgehead atoms. The van der Waals surface area contributed by atoms with Crippen molar-refractivity contribution >= 4 is 16.1 Å². The van der Waals surface area contributed by atoms with Crippen LogP contribution in [0.25, 0.3) is 0 Å². The van der Waals surface area contributed by atoms with E-state index in [-0.39, 0.29) is 0 Å². The molecule has 0 fully saturated rings. The molecule has 0 aliphatic heterocycles. The summed E-state index contributed by atoms with van der Waals surface area (Å²) < 4.78 is 0. The third-order valence-corrected chi connectivity index (χ3v) is 7.25. The molecule has 0 saturated heterocycles. The van der Waals surface area contributed by atoms with Crippen molar-refractivity contribution < 1.29 is 0 Å². The van der Waals surface area contributed by atoms with E-state index in [4.69, 9.17) is 0 Å². The molecule has 0 atom stereocenters. The van der Waals surface area contributed by atoms with Gasteiger partial charge in [-0.1, -0.05) is 57.0 Å². The third kappa shape index (κ3) is 3.42. The number of hydrogen-bond donors (Lipinski definition) is 0. The maximum atomic E-state index is 2.55. The summed E-state index contributed by atoms with van der Waals surface area (Å²) in [5, 5.41) is 0. The van der Waals surface area contributed by atoms with Gasteiger partial charge in [0.15, 0.2) is 0 Å². The van der Waals surface area contributed by atoms with Crippen LogP contribution in [0.4, 0.5) is 0 Å². The number of allylic oxidation sites excluding steroid dienone is 4. The van der Waals surface area contributed by atoms with Crippen molar-refractivity contribution in [2.45, 2.75) is 38.3 Å². The highest BCUT2D eigenvalue weighted by atomic mass is 28.3. The first-order valence-corrected chi connectivity index (χ1v) is 12.1. The van der Waals surface area contributed by atoms with Crippen LogP contribution in [0.5, 0.6) is 0 Å². The summed E-state index contributed by atoms with van der Waals surface area (Å²) in [7, 11) is -2.21. The van der Waals surface area contributed by atoms with Crippen LogP contribution in [0.3, 0.4) is 0 Å². The minimum Gasteiger partial charge on any atom is -0.103 e. The molecule has 0 N–H and O–H groups in total. The van der Waals surface area contributed by atoms with Crippen LogP contribution in [0.1, 0.15) is 0 Å². The maximum absolute atomic E-state index is 2.55. The first-order chi connectivity index (χ1) is 6.31. The van der Waals surface area contributed by atoms with Gasteiger partial charge in [-0.05, 0) is 5.54 Å². The number of hydrogen-bond acceptors (Lipinski definition) is 0. The minimum atomic E-state index is -1.20. The van der Waals surface area contributed by atoms with Crippen LogP contribution in [-0.2, 0) is 0 Å². The van der Waals surface area contributed by atoms with E-state index in [2.05, 4.69) is 68.4 Å². The van der Waals surface area contributed by atoms with Gasteiger partial charge < -0.3 is 0 Å². The van der Waals surface area contributed by atoms with Crippen molar-refractivity contribution in [3.63, 3.8) is 0 Å². The van der Waals surface area contributed by atoms with Gasteiger partial charge in [0.2, 0.25) is 0 Å². The van der Waals surface area contributed by atoms with Gasteiger partial charge in [0.05, 0.1) is 16.1 Å². The highest BCUT2D eigenvalue weighted by Crippen LogP contribution is 2.29. The fraction of sp³-hybridized carbons (Fsp3) is 0.500. The molecule has 1 aliphatic carbocycles. The van der Waals surface area contributed by atoms with Gasteiger partial charge in [-0.3, -0.25) is 0 Å². The van der Waals surface area contributed by atoms with Crippen molar-refractivity contribution in [3.8, 4) is 0 Å². The molecule has 2 heteroatoms. The Morgan fingerprint density at radius 2 is 1.36 bits per heavy atom. The molecule has 0 saturated carbocycles. The minimum absolute atomic E-state index is 0.718. The Labute approximate surface area is 90.4 Å². The Bertz CT molecular complexity index is 265. The Morgan fingerprint density at radius 3 is 1.79 bits per heavy atom. The topological polar surface area (TPSA) is 0 Å². The lowest BCUT2D eigenvalue weighted by molar-refractivity contribution is 1.31. The van der Waals surface area contributed by atoms with E-state index in [0.717, 1.165) is 5.54 Å². The van der Waals surface area contributed by atoms with Gasteiger partial charge in [0, 0.05) is 0 Å². The molecule has 0 unspecified atom stereocenters. The monoisotopic (exact) mass is 222 g/mol. The van der Waals surface area contributed by atoms with Gasteiger partial charge in [0.1, 0.15) is 0 Å². The van der Waals surface area contributed by atoms with Crippen molar-refractivity contribution in [3.05, 3.63) is 35.7 Å². The Morgan fingerprint density at radius 1 is 0.857 bits per heavy atom. The first kappa shape index (κ1) is 11.7. The molecule has 0 spiro atoms. The molecule has 0 aromatic carbocycles. The molecule has 0 aromatic rings. The predicted octanol–water partition coefficient (Wildman–Crippen LogP) is 4.16. The summed E-state index contributed by atoms with van der Waals surface area (Å²) in [6.07, 6.45) is 9.06. The largest absolute Gasteiger partial charge is 0.103 e. The molecule has 0 aromatic heterocycles. The normalized spacial score (nSPS) is 18.6. The van der Waals surface area contributed by atoms with Crippen LogP contribution in [-0.4, -0.2) is 16.1 Å². The Hall–Kier alpha value is -0.346. The quantitative estimate of drug-likeness (QED) is 0.629. The fourth-order valence-electron chi connectivity index (χ4n) is 1.50. The lowest BCUT2D eigenvalue weighted by atomic mass is 10.5. The maximum Gasteiger partial charge on any atom is 0.0815 e. The highest BCUT2D eigenvalue weighted by molar-refractivity contribution is 6.88. The average molecular weight is 222 g/mol. The molecule has 0 heterocycles. The van der Waals surface area contributed by atoms with E-state index in [0.29, 0.717) is 0 Å². The van der Waals surface area contributed by atoms with Crippen LogP contribution >= 0.6 is 0 Å². The van der Waals surface area contributed by atoms with Gasteiger partial charge in [-0.25, -0.2) is 0 Å². The average Bonchev–Trinajstić information content (AvgIpc) is 2.52. The SMILES string of the molecule is C[Si](C)(C)/C=C/[Si](C)(C)C1C=CC=C1. The van der Waals surface area contributed by atoms with Crippen molar-refractivity contribution in [2.75, 3.05) is 0 Å². The van der Waals surface area contributed by atoms with Crippen molar-refractivity contribution in [1.82, 2.24) is 0 Å². The van der Waals surface area contributed by atoms with Crippen LogP contribution in [0.15, 0.2) is 35.7 Å². The van der Waals surface area contributed by atoms with Crippen LogP contribution in [0, 0.1) is 0 Å². The summed E-state index contributed by atoms with van der Waals surface area (Å²) in [5.41, 5.74) is 5.78. The van der Waals surface area contributed by atoms with Crippen molar-refractivity contribution in [2.24, 2.45) is 0 Å². The number of rotatable bonds is 3. The van der Waals surface area contributed by atoms with Gasteiger partial charge >= 0.3 is 0 Å². The van der Waals surface area contributed by atoms with Crippen LogP contribution in [0.2, 0.25) is 38.3 Å². The van der Waals surface area contributed by atoms with E-state index in [1.165, 1.54) is 0 Å². The first-order valence-electron chi connectivity index (χ1n) is 5.37. The summed E-state index contributed by atoms with van der Waals surface area (Å²) in [6, 6.07) is 0. The third-order valence-electron chi connectivity index (χ3n) is 2.62. The zero-order chi connectivity index (χ0) is 10.8. The second-order valence-electron chi connectivity index (χ2n) is 5.82. The zero-order valence-corrected chi connectivity index (χ0v) is 12.0. The summed E-state index contributed by atoms with van der Waals surface area (Å²) in [5.74, 6) is 0. The smallest absolute Gasteiger partial charge is 0.0815 e. The van der Waals surface area contributed by atoms with E-state index < -0.39 is 16.1 Å². The van der Waals surface area contributed by atoms with Gasteiger partial charge in [0.25, 0.3) is 0 Å². The molecule has 1 aliphatic rings. The second kappa shape index (κ2) is 4.03. The highest BCUT2D eigenvalue weighted by Gasteiger charge is 2.26. The molecule has 1 rings (SSSR count). The predicted molar refractivity (Wildman–Crippen MR) is 72.0 cm³/mol. The molecular weight excluding hydrogens is 200 g/mol. The summed E-state index contributed by atoms with van der Waals surface area (Å²) in [6.45, 7) is 12.1. The van der Waals surface area contributed by atoms with E-state index in [1.54, 1.807) is 0 Å². The van der Waals surface area contributed by atoms with Crippen LogP contribution < -0.4 is 0 Å². The van der Waals surface area contributed by atoms with E-state index >= 15 is 0 Å². The molecule has 0 amide bonds. The lowest BCUT2D eigenvalue weighted by Gasteiger charge is -2.24. The zero-order valence-electron chi connectivity index (χ0n) is 10.0. The molecule has 14 heavy (non-hydrogen) atoms. The second-order valence-corrected chi connectivity index (χ2v) is 15.5. The van der Waals surface area contributed by atoms with Gasteiger partial charge in [-0.2, -0.15) is 0 Å². The lowest BCUT2D eigenvalue weighted by Crippen LogP contribution is -2.29. The van der Waals surface area contributed by atoms with E-state index in [1.807, 2.05) is 0 Å². The molecule has 0 radical (unpaired) electrons. The van der Waals surface area contributed by atoms with Crippen molar-refractivity contribution in [1.29, 1.82) is 0 Å². The Kier molecular flexibility index (Phi) is 3.37. The molecule has 0 nitrogen and oxygen atoms in total. The molecular formula is C12H22Si2. The van der Waals surface area contributed by atoms with E-state index in [9.17, 15) is 0 Å². The summed E-state index contributed by atoms with van der Waals surface area (Å²) >= 11 is 0. The summed E-state index contributed by atoms with van der Waals surface area (Å²) in [4.78, 5) is 0.